The molecule has 1 aliphatic heterocycles. The van der Waals surface area contributed by atoms with Gasteiger partial charge >= 0.3 is 12.1 Å². The molecule has 214 valence electrons. The van der Waals surface area contributed by atoms with Crippen molar-refractivity contribution in [1.82, 2.24) is 5.32 Å². The zero-order valence-corrected chi connectivity index (χ0v) is 23.1. The van der Waals surface area contributed by atoms with Crippen LogP contribution in [0.2, 0.25) is 0 Å². The minimum Gasteiger partial charge on any atom is -0.467 e. The lowest BCUT2D eigenvalue weighted by atomic mass is 9.99. The molecule has 1 heterocycles. The number of amides is 1. The summed E-state index contributed by atoms with van der Waals surface area (Å²) in [4.78, 5) is 24.6. The van der Waals surface area contributed by atoms with Gasteiger partial charge in [-0.2, -0.15) is 0 Å². The zero-order valence-electron chi connectivity index (χ0n) is 23.1. The summed E-state index contributed by atoms with van der Waals surface area (Å²) >= 11 is 0. The Morgan fingerprint density at radius 2 is 1.46 bits per heavy atom. The summed E-state index contributed by atoms with van der Waals surface area (Å²) in [5, 5.41) is 13.7. The molecule has 0 radical (unpaired) electrons. The predicted molar refractivity (Wildman–Crippen MR) is 142 cm³/mol. The molecule has 0 spiro atoms. The average Bonchev–Trinajstić information content (AvgIpc) is 2.90. The first-order valence-electron chi connectivity index (χ1n) is 12.9. The maximum absolute atomic E-state index is 12.3. The van der Waals surface area contributed by atoms with Crippen molar-refractivity contribution < 1.29 is 43.1 Å². The summed E-state index contributed by atoms with van der Waals surface area (Å²) in [6.07, 6.45) is -5.18. The third kappa shape index (κ3) is 9.59. The quantitative estimate of drug-likeness (QED) is 0.410. The molecule has 39 heavy (non-hydrogen) atoms. The van der Waals surface area contributed by atoms with Crippen molar-refractivity contribution in [1.29, 1.82) is 0 Å². The molecule has 10 nitrogen and oxygen atoms in total. The monoisotopic (exact) mass is 545 g/mol. The van der Waals surface area contributed by atoms with Crippen LogP contribution in [-0.4, -0.2) is 73.2 Å². The number of hydrogen-bond donors (Lipinski definition) is 2. The number of hydrogen-bond acceptors (Lipinski definition) is 9. The Labute approximate surface area is 229 Å². The normalized spacial score (nSPS) is 24.0. The van der Waals surface area contributed by atoms with Gasteiger partial charge in [-0.3, -0.25) is 0 Å². The number of aliphatic hydroxyl groups excluding tert-OH is 1. The van der Waals surface area contributed by atoms with Gasteiger partial charge < -0.3 is 38.8 Å². The summed E-state index contributed by atoms with van der Waals surface area (Å²) in [7, 11) is 1.20. The van der Waals surface area contributed by atoms with Crippen molar-refractivity contribution in [3.8, 4) is 0 Å². The highest BCUT2D eigenvalue weighted by Crippen LogP contribution is 2.28. The van der Waals surface area contributed by atoms with E-state index in [1.54, 1.807) is 27.7 Å². The van der Waals surface area contributed by atoms with Crippen LogP contribution in [0.1, 0.15) is 38.8 Å². The minimum atomic E-state index is -1.26. The fourth-order valence-electron chi connectivity index (χ4n) is 4.03. The van der Waals surface area contributed by atoms with Gasteiger partial charge in [0.05, 0.1) is 33.0 Å². The van der Waals surface area contributed by atoms with E-state index >= 15 is 0 Å². The van der Waals surface area contributed by atoms with Crippen molar-refractivity contribution in [3.63, 3.8) is 0 Å². The van der Waals surface area contributed by atoms with Gasteiger partial charge in [-0.05, 0) is 38.8 Å². The highest BCUT2D eigenvalue weighted by atomic mass is 16.7. The lowest BCUT2D eigenvalue weighted by Crippen LogP contribution is -2.60. The molecule has 0 aliphatic carbocycles. The number of nitrogens with one attached hydrogen (secondary N) is 1. The van der Waals surface area contributed by atoms with E-state index in [1.807, 2.05) is 60.7 Å². The van der Waals surface area contributed by atoms with Gasteiger partial charge in [-0.15, -0.1) is 0 Å². The molecule has 1 amide bonds. The Morgan fingerprint density at radius 3 is 1.97 bits per heavy atom. The Morgan fingerprint density at radius 1 is 0.923 bits per heavy atom. The van der Waals surface area contributed by atoms with Gasteiger partial charge in [0.1, 0.15) is 23.9 Å². The minimum absolute atomic E-state index is 0.234. The summed E-state index contributed by atoms with van der Waals surface area (Å²) in [6.45, 7) is 7.11. The summed E-state index contributed by atoms with van der Waals surface area (Å²) in [5.74, 6) is -0.736. The van der Waals surface area contributed by atoms with Crippen LogP contribution in [-0.2, 0) is 46.4 Å². The lowest BCUT2D eigenvalue weighted by Gasteiger charge is -2.43. The van der Waals surface area contributed by atoms with Crippen LogP contribution in [0.15, 0.2) is 60.7 Å². The Kier molecular flexibility index (Phi) is 11.3. The fourth-order valence-corrected chi connectivity index (χ4v) is 4.03. The third-order valence-electron chi connectivity index (χ3n) is 5.93. The maximum atomic E-state index is 12.3. The average molecular weight is 546 g/mol. The second kappa shape index (κ2) is 14.4. The number of alkyl carbamates (subject to hydrolysis) is 1. The molecule has 0 unspecified atom stereocenters. The maximum Gasteiger partial charge on any atom is 0.408 e. The van der Waals surface area contributed by atoms with Crippen molar-refractivity contribution in [2.75, 3.05) is 13.7 Å². The van der Waals surface area contributed by atoms with Crippen molar-refractivity contribution >= 4 is 12.1 Å². The van der Waals surface area contributed by atoms with E-state index in [1.165, 1.54) is 7.11 Å². The summed E-state index contributed by atoms with van der Waals surface area (Å²) in [5.41, 5.74) is 1.13. The molecule has 2 aromatic rings. The standard InChI is InChI=1S/C29H39NO9/c1-19-24(35-16-20-12-8-6-9-13-20)25(36-17-21-14-10-7-11-15-21)23(31)27(38-19)37-18-22(26(32)34-5)30-28(33)39-29(2,3)4/h6-15,19,22-25,27,31H,16-18H2,1-5H3,(H,30,33)/t19-,22-,23+,24-,25-,27-/m0/s1. The molecule has 1 saturated heterocycles. The second-order valence-corrected chi connectivity index (χ2v) is 10.3. The van der Waals surface area contributed by atoms with Crippen molar-refractivity contribution in [2.45, 2.75) is 83.3 Å². The first-order chi connectivity index (χ1) is 18.6. The molecule has 3 rings (SSSR count). The van der Waals surface area contributed by atoms with Crippen LogP contribution in [0.4, 0.5) is 4.79 Å². The van der Waals surface area contributed by atoms with Crippen molar-refractivity contribution in [2.24, 2.45) is 0 Å². The van der Waals surface area contributed by atoms with Crippen LogP contribution in [0.3, 0.4) is 0 Å². The zero-order chi connectivity index (χ0) is 28.4. The molecule has 0 saturated carbocycles. The van der Waals surface area contributed by atoms with Crippen LogP contribution in [0.5, 0.6) is 0 Å². The van der Waals surface area contributed by atoms with Crippen molar-refractivity contribution in [3.05, 3.63) is 71.8 Å². The van der Waals surface area contributed by atoms with Gasteiger partial charge in [0.2, 0.25) is 0 Å². The number of carbonyl (C=O) groups excluding carboxylic acids is 2. The first kappa shape index (κ1) is 30.5. The van der Waals surface area contributed by atoms with Gasteiger partial charge in [-0.25, -0.2) is 9.59 Å². The van der Waals surface area contributed by atoms with Crippen LogP contribution >= 0.6 is 0 Å². The first-order valence-corrected chi connectivity index (χ1v) is 12.9. The Balaban J connectivity index is 1.70. The molecule has 2 N–H and O–H groups in total. The lowest BCUT2D eigenvalue weighted by molar-refractivity contribution is -0.310. The number of esters is 1. The number of aliphatic hydroxyl groups is 1. The second-order valence-electron chi connectivity index (χ2n) is 10.3. The SMILES string of the molecule is COC(=O)[C@H](CO[C@H]1O[C@@H](C)[C@H](OCc2ccccc2)[C@@H](OCc2ccccc2)[C@H]1O)NC(=O)OC(C)(C)C. The van der Waals surface area contributed by atoms with Gasteiger partial charge in [0.25, 0.3) is 0 Å². The van der Waals surface area contributed by atoms with Gasteiger partial charge in [0.15, 0.2) is 12.3 Å². The highest BCUT2D eigenvalue weighted by molar-refractivity contribution is 5.81. The molecule has 1 aliphatic rings. The van der Waals surface area contributed by atoms with E-state index in [2.05, 4.69) is 5.32 Å². The molecule has 1 fully saturated rings. The Hall–Kier alpha value is -3.02. The van der Waals surface area contributed by atoms with E-state index in [0.717, 1.165) is 11.1 Å². The number of rotatable bonds is 11. The summed E-state index contributed by atoms with van der Waals surface area (Å²) < 4.78 is 34.1. The number of carbonyl (C=O) groups is 2. The van der Waals surface area contributed by atoms with Gasteiger partial charge in [0, 0.05) is 0 Å². The molecule has 6 atom stereocenters. The highest BCUT2D eigenvalue weighted by Gasteiger charge is 2.46. The molecule has 0 aromatic heterocycles. The van der Waals surface area contributed by atoms with Gasteiger partial charge in [-0.1, -0.05) is 60.7 Å². The van der Waals surface area contributed by atoms with Crippen LogP contribution < -0.4 is 5.32 Å². The summed E-state index contributed by atoms with van der Waals surface area (Å²) in [6, 6.07) is 18.0. The predicted octanol–water partition coefficient (Wildman–Crippen LogP) is 3.35. The van der Waals surface area contributed by atoms with E-state index in [4.69, 9.17) is 28.4 Å². The Bertz CT molecular complexity index is 1030. The molecule has 10 heteroatoms. The van der Waals surface area contributed by atoms with E-state index in [9.17, 15) is 14.7 Å². The third-order valence-corrected chi connectivity index (χ3v) is 5.93. The molecular formula is C29H39NO9. The smallest absolute Gasteiger partial charge is 0.408 e. The van der Waals surface area contributed by atoms with Crippen LogP contribution in [0, 0.1) is 0 Å². The van der Waals surface area contributed by atoms with Crippen LogP contribution in [0.25, 0.3) is 0 Å². The largest absolute Gasteiger partial charge is 0.467 e. The molecule has 2 aromatic carbocycles. The fraction of sp³-hybridized carbons (Fsp3) is 0.517. The number of benzene rings is 2. The number of methoxy groups -OCH3 is 1. The van der Waals surface area contributed by atoms with E-state index in [0.29, 0.717) is 6.61 Å². The van der Waals surface area contributed by atoms with E-state index < -0.39 is 54.4 Å². The molecular weight excluding hydrogens is 506 g/mol. The number of ether oxygens (including phenoxy) is 6. The molecule has 0 bridgehead atoms. The van der Waals surface area contributed by atoms with E-state index in [-0.39, 0.29) is 13.2 Å². The topological polar surface area (TPSA) is 122 Å².